The van der Waals surface area contributed by atoms with Gasteiger partial charge in [0.15, 0.2) is 5.82 Å². The van der Waals surface area contributed by atoms with Gasteiger partial charge in [0.25, 0.3) is 0 Å². The Balaban J connectivity index is 1.53. The highest BCUT2D eigenvalue weighted by atomic mass is 16.3. The maximum Gasteiger partial charge on any atom is 0.180 e. The monoisotopic (exact) mass is 370 g/mol. The average molecular weight is 370 g/mol. The molecule has 5 heteroatoms. The van der Waals surface area contributed by atoms with Crippen LogP contribution >= 0.6 is 0 Å². The van der Waals surface area contributed by atoms with Gasteiger partial charge in [-0.3, -0.25) is 4.98 Å². The van der Waals surface area contributed by atoms with Crippen molar-refractivity contribution in [2.24, 2.45) is 0 Å². The van der Waals surface area contributed by atoms with E-state index < -0.39 is 6.10 Å². The lowest BCUT2D eigenvalue weighted by molar-refractivity contribution is 0.191. The van der Waals surface area contributed by atoms with Gasteiger partial charge in [0.2, 0.25) is 0 Å². The van der Waals surface area contributed by atoms with E-state index in [1.807, 2.05) is 54.6 Å². The van der Waals surface area contributed by atoms with Crippen molar-refractivity contribution in [1.82, 2.24) is 15.0 Å². The largest absolute Gasteiger partial charge is 0.387 e. The number of nitrogens with zero attached hydrogens (tertiary/aromatic N) is 3. The van der Waals surface area contributed by atoms with E-state index in [4.69, 9.17) is 0 Å². The van der Waals surface area contributed by atoms with Gasteiger partial charge in [-0.1, -0.05) is 49.4 Å². The zero-order valence-corrected chi connectivity index (χ0v) is 15.7. The molecule has 0 aliphatic carbocycles. The van der Waals surface area contributed by atoms with E-state index in [0.29, 0.717) is 18.2 Å². The number of anilines is 1. The molecule has 0 bridgehead atoms. The van der Waals surface area contributed by atoms with Crippen molar-refractivity contribution in [3.8, 4) is 11.5 Å². The van der Waals surface area contributed by atoms with Gasteiger partial charge in [-0.15, -0.1) is 0 Å². The predicted molar refractivity (Wildman–Crippen MR) is 112 cm³/mol. The minimum Gasteiger partial charge on any atom is -0.387 e. The summed E-state index contributed by atoms with van der Waals surface area (Å²) >= 11 is 0. The van der Waals surface area contributed by atoms with E-state index >= 15 is 0 Å². The molecule has 0 amide bonds. The van der Waals surface area contributed by atoms with Gasteiger partial charge in [0.1, 0.15) is 11.5 Å². The average Bonchev–Trinajstić information content (AvgIpc) is 2.77. The standard InChI is InChI=1S/C23H22N4O/c1-2-19-14-22(27-23(26-19)20-9-5-6-12-24-20)25-15-21(28)18-11-10-16-7-3-4-8-17(16)13-18/h3-14,21,28H,2,15H2,1H3,(H,25,26,27). The minimum absolute atomic E-state index is 0.361. The molecule has 1 atom stereocenters. The molecular formula is C23H22N4O. The summed E-state index contributed by atoms with van der Waals surface area (Å²) < 4.78 is 0. The molecule has 5 nitrogen and oxygen atoms in total. The smallest absolute Gasteiger partial charge is 0.180 e. The third kappa shape index (κ3) is 4.00. The molecule has 0 spiro atoms. The third-order valence-corrected chi connectivity index (χ3v) is 4.67. The van der Waals surface area contributed by atoms with Crippen LogP contribution in [0.3, 0.4) is 0 Å². The number of nitrogens with one attached hydrogen (secondary N) is 1. The second-order valence-corrected chi connectivity index (χ2v) is 6.64. The first-order valence-corrected chi connectivity index (χ1v) is 9.43. The van der Waals surface area contributed by atoms with Gasteiger partial charge >= 0.3 is 0 Å². The van der Waals surface area contributed by atoms with Crippen molar-refractivity contribution in [1.29, 1.82) is 0 Å². The van der Waals surface area contributed by atoms with Gasteiger partial charge < -0.3 is 10.4 Å². The number of aliphatic hydroxyl groups excluding tert-OH is 1. The summed E-state index contributed by atoms with van der Waals surface area (Å²) in [6.45, 7) is 2.42. The Bertz CT molecular complexity index is 1080. The van der Waals surface area contributed by atoms with E-state index in [0.717, 1.165) is 34.1 Å². The van der Waals surface area contributed by atoms with Crippen LogP contribution in [0, 0.1) is 0 Å². The molecule has 28 heavy (non-hydrogen) atoms. The fraction of sp³-hybridized carbons (Fsp3) is 0.174. The Kier molecular flexibility index (Phi) is 5.26. The Morgan fingerprint density at radius 3 is 2.54 bits per heavy atom. The van der Waals surface area contributed by atoms with Crippen LogP contribution in [0.15, 0.2) is 72.9 Å². The van der Waals surface area contributed by atoms with E-state index in [1.165, 1.54) is 0 Å². The SMILES string of the molecule is CCc1cc(NCC(O)c2ccc3ccccc3c2)nc(-c2ccccn2)n1. The van der Waals surface area contributed by atoms with E-state index in [1.54, 1.807) is 6.20 Å². The van der Waals surface area contributed by atoms with Crippen LogP contribution < -0.4 is 5.32 Å². The van der Waals surface area contributed by atoms with Crippen molar-refractivity contribution >= 4 is 16.6 Å². The first-order valence-electron chi connectivity index (χ1n) is 9.43. The summed E-state index contributed by atoms with van der Waals surface area (Å²) in [6.07, 6.45) is 1.89. The summed E-state index contributed by atoms with van der Waals surface area (Å²) in [5, 5.41) is 16.2. The highest BCUT2D eigenvalue weighted by Crippen LogP contribution is 2.22. The molecule has 0 radical (unpaired) electrons. The summed E-state index contributed by atoms with van der Waals surface area (Å²) in [7, 11) is 0. The van der Waals surface area contributed by atoms with Gasteiger partial charge in [-0.25, -0.2) is 9.97 Å². The summed E-state index contributed by atoms with van der Waals surface area (Å²) in [6, 6.07) is 21.8. The fourth-order valence-corrected chi connectivity index (χ4v) is 3.11. The molecule has 2 aromatic carbocycles. The molecule has 1 unspecified atom stereocenters. The summed E-state index contributed by atoms with van der Waals surface area (Å²) in [5.74, 6) is 1.27. The maximum absolute atomic E-state index is 10.6. The number of hydrogen-bond acceptors (Lipinski definition) is 5. The highest BCUT2D eigenvalue weighted by Gasteiger charge is 2.11. The number of aryl methyl sites for hydroxylation is 1. The lowest BCUT2D eigenvalue weighted by Crippen LogP contribution is -2.14. The van der Waals surface area contributed by atoms with Gasteiger partial charge in [0.05, 0.1) is 6.10 Å². The number of hydrogen-bond donors (Lipinski definition) is 2. The van der Waals surface area contributed by atoms with Crippen LogP contribution in [0.5, 0.6) is 0 Å². The third-order valence-electron chi connectivity index (χ3n) is 4.67. The molecule has 0 saturated carbocycles. The number of rotatable bonds is 6. The van der Waals surface area contributed by atoms with Crippen molar-refractivity contribution < 1.29 is 5.11 Å². The molecule has 4 rings (SSSR count). The molecule has 2 N–H and O–H groups in total. The number of aliphatic hydroxyl groups is 1. The molecular weight excluding hydrogens is 348 g/mol. The number of fused-ring (bicyclic) bond motifs is 1. The molecule has 140 valence electrons. The van der Waals surface area contributed by atoms with Gasteiger partial charge in [0, 0.05) is 24.5 Å². The Labute approximate surface area is 164 Å². The zero-order valence-electron chi connectivity index (χ0n) is 15.7. The quantitative estimate of drug-likeness (QED) is 0.526. The van der Waals surface area contributed by atoms with Crippen LogP contribution in [-0.4, -0.2) is 26.6 Å². The predicted octanol–water partition coefficient (Wildman–Crippen LogP) is 4.40. The van der Waals surface area contributed by atoms with Crippen molar-refractivity contribution in [2.75, 3.05) is 11.9 Å². The Hall–Kier alpha value is -3.31. The normalized spacial score (nSPS) is 12.1. The summed E-state index contributed by atoms with van der Waals surface area (Å²) in [4.78, 5) is 13.5. The van der Waals surface area contributed by atoms with Crippen molar-refractivity contribution in [2.45, 2.75) is 19.4 Å². The fourth-order valence-electron chi connectivity index (χ4n) is 3.11. The Morgan fingerprint density at radius 2 is 1.75 bits per heavy atom. The van der Waals surface area contributed by atoms with Gasteiger partial charge in [-0.2, -0.15) is 0 Å². The van der Waals surface area contributed by atoms with Crippen molar-refractivity contribution in [3.63, 3.8) is 0 Å². The minimum atomic E-state index is -0.636. The second-order valence-electron chi connectivity index (χ2n) is 6.64. The highest BCUT2D eigenvalue weighted by molar-refractivity contribution is 5.83. The first kappa shape index (κ1) is 18.1. The number of benzene rings is 2. The van der Waals surface area contributed by atoms with Crippen LogP contribution in [0.2, 0.25) is 0 Å². The maximum atomic E-state index is 10.6. The molecule has 2 aromatic heterocycles. The number of aromatic nitrogens is 3. The molecule has 0 aliphatic rings. The lowest BCUT2D eigenvalue weighted by atomic mass is 10.0. The summed E-state index contributed by atoms with van der Waals surface area (Å²) in [5.41, 5.74) is 2.54. The molecule has 0 fully saturated rings. The molecule has 4 aromatic rings. The molecule has 2 heterocycles. The van der Waals surface area contributed by atoms with E-state index in [-0.39, 0.29) is 0 Å². The topological polar surface area (TPSA) is 70.9 Å². The van der Waals surface area contributed by atoms with Crippen LogP contribution in [0.1, 0.15) is 24.3 Å². The second kappa shape index (κ2) is 8.15. The van der Waals surface area contributed by atoms with E-state index in [9.17, 15) is 5.11 Å². The molecule has 0 saturated heterocycles. The van der Waals surface area contributed by atoms with E-state index in [2.05, 4.69) is 39.3 Å². The van der Waals surface area contributed by atoms with Gasteiger partial charge in [-0.05, 0) is 41.0 Å². The first-order chi connectivity index (χ1) is 13.7. The Morgan fingerprint density at radius 1 is 0.929 bits per heavy atom. The lowest BCUT2D eigenvalue weighted by Gasteiger charge is -2.14. The number of pyridine rings is 1. The van der Waals surface area contributed by atoms with Crippen LogP contribution in [0.4, 0.5) is 5.82 Å². The zero-order chi connectivity index (χ0) is 19.3. The molecule has 0 aliphatic heterocycles. The van der Waals surface area contributed by atoms with Crippen LogP contribution in [-0.2, 0) is 6.42 Å². The van der Waals surface area contributed by atoms with Crippen LogP contribution in [0.25, 0.3) is 22.3 Å². The van der Waals surface area contributed by atoms with Crippen molar-refractivity contribution in [3.05, 3.63) is 84.2 Å².